The van der Waals surface area contributed by atoms with E-state index in [1.54, 1.807) is 0 Å². The second kappa shape index (κ2) is 14.4. The summed E-state index contributed by atoms with van der Waals surface area (Å²) in [5.74, 6) is 0. The predicted molar refractivity (Wildman–Crippen MR) is 90.2 cm³/mol. The van der Waals surface area contributed by atoms with Gasteiger partial charge in [-0.05, 0) is 64.7 Å². The molecule has 0 aromatic rings. The number of aliphatic hydroxyl groups is 2. The molecule has 0 saturated carbocycles. The first-order chi connectivity index (χ1) is 10.9. The van der Waals surface area contributed by atoms with Crippen LogP contribution < -0.4 is 0 Å². The fourth-order valence-electron chi connectivity index (χ4n) is 2.90. The molecule has 0 aliphatic carbocycles. The monoisotopic (exact) mass is 316 g/mol. The zero-order chi connectivity index (χ0) is 15.9. The SMILES string of the molecule is OCCCCN1CCCCC1.OCCCCN1CCOCC1. The molecule has 0 amide bonds. The van der Waals surface area contributed by atoms with Gasteiger partial charge in [0, 0.05) is 26.3 Å². The number of aliphatic hydroxyl groups excluding tert-OH is 2. The summed E-state index contributed by atoms with van der Waals surface area (Å²) in [5, 5.41) is 17.1. The number of hydrogen-bond acceptors (Lipinski definition) is 5. The number of ether oxygens (including phenoxy) is 1. The first-order valence-electron chi connectivity index (χ1n) is 9.11. The van der Waals surface area contributed by atoms with E-state index in [2.05, 4.69) is 9.80 Å². The highest BCUT2D eigenvalue weighted by molar-refractivity contribution is 4.64. The highest BCUT2D eigenvalue weighted by Gasteiger charge is 2.09. The van der Waals surface area contributed by atoms with Gasteiger partial charge in [0.2, 0.25) is 0 Å². The van der Waals surface area contributed by atoms with Gasteiger partial charge in [-0.25, -0.2) is 0 Å². The van der Waals surface area contributed by atoms with E-state index in [0.717, 1.165) is 58.5 Å². The maximum atomic E-state index is 8.58. The number of piperidine rings is 1. The van der Waals surface area contributed by atoms with Crippen LogP contribution in [0, 0.1) is 0 Å². The van der Waals surface area contributed by atoms with Crippen LogP contribution in [-0.4, -0.2) is 85.7 Å². The van der Waals surface area contributed by atoms with Gasteiger partial charge in [0.15, 0.2) is 0 Å². The first-order valence-corrected chi connectivity index (χ1v) is 9.11. The van der Waals surface area contributed by atoms with Gasteiger partial charge in [0.05, 0.1) is 13.2 Å². The second-order valence-corrected chi connectivity index (χ2v) is 6.22. The van der Waals surface area contributed by atoms with Crippen molar-refractivity contribution >= 4 is 0 Å². The molecule has 5 nitrogen and oxygen atoms in total. The van der Waals surface area contributed by atoms with Crippen LogP contribution in [0.5, 0.6) is 0 Å². The van der Waals surface area contributed by atoms with Gasteiger partial charge in [-0.1, -0.05) is 6.42 Å². The largest absolute Gasteiger partial charge is 0.396 e. The van der Waals surface area contributed by atoms with Crippen molar-refractivity contribution in [2.24, 2.45) is 0 Å². The summed E-state index contributed by atoms with van der Waals surface area (Å²) >= 11 is 0. The topological polar surface area (TPSA) is 56.2 Å². The molecule has 22 heavy (non-hydrogen) atoms. The van der Waals surface area contributed by atoms with Crippen molar-refractivity contribution < 1.29 is 14.9 Å². The first kappa shape index (κ1) is 19.8. The average Bonchev–Trinajstić information content (AvgIpc) is 2.58. The lowest BCUT2D eigenvalue weighted by molar-refractivity contribution is 0.0366. The van der Waals surface area contributed by atoms with Crippen molar-refractivity contribution in [1.82, 2.24) is 9.80 Å². The Morgan fingerprint density at radius 2 is 1.14 bits per heavy atom. The Morgan fingerprint density at radius 1 is 0.636 bits per heavy atom. The summed E-state index contributed by atoms with van der Waals surface area (Å²) in [6, 6.07) is 0. The van der Waals surface area contributed by atoms with Crippen LogP contribution >= 0.6 is 0 Å². The van der Waals surface area contributed by atoms with Crippen LogP contribution in [0.1, 0.15) is 44.9 Å². The standard InChI is InChI=1S/C9H19NO.C8H17NO2/c11-9-5-4-8-10-6-2-1-3-7-10;10-6-2-1-3-9-4-7-11-8-5-9/h11H,1-9H2;10H,1-8H2. The van der Waals surface area contributed by atoms with Crippen LogP contribution in [0.2, 0.25) is 0 Å². The van der Waals surface area contributed by atoms with Crippen molar-refractivity contribution in [3.05, 3.63) is 0 Å². The number of unbranched alkanes of at least 4 members (excludes halogenated alkanes) is 2. The highest BCUT2D eigenvalue weighted by Crippen LogP contribution is 2.08. The molecular weight excluding hydrogens is 280 g/mol. The molecule has 0 bridgehead atoms. The predicted octanol–water partition coefficient (Wildman–Crippen LogP) is 1.34. The van der Waals surface area contributed by atoms with Gasteiger partial charge in [-0.15, -0.1) is 0 Å². The average molecular weight is 316 g/mol. The number of hydrogen-bond donors (Lipinski definition) is 2. The van der Waals surface area contributed by atoms with E-state index in [0.29, 0.717) is 13.2 Å². The third-order valence-corrected chi connectivity index (χ3v) is 4.32. The molecule has 0 unspecified atom stereocenters. The van der Waals surface area contributed by atoms with Crippen molar-refractivity contribution in [1.29, 1.82) is 0 Å². The second-order valence-electron chi connectivity index (χ2n) is 6.22. The van der Waals surface area contributed by atoms with Gasteiger partial charge in [0.25, 0.3) is 0 Å². The van der Waals surface area contributed by atoms with Gasteiger partial charge in [-0.2, -0.15) is 0 Å². The fraction of sp³-hybridized carbons (Fsp3) is 1.00. The highest BCUT2D eigenvalue weighted by atomic mass is 16.5. The minimum Gasteiger partial charge on any atom is -0.396 e. The van der Waals surface area contributed by atoms with Crippen LogP contribution in [0.3, 0.4) is 0 Å². The molecule has 2 aliphatic rings. The van der Waals surface area contributed by atoms with Gasteiger partial charge >= 0.3 is 0 Å². The van der Waals surface area contributed by atoms with Crippen LogP contribution in [0.15, 0.2) is 0 Å². The molecule has 0 spiro atoms. The molecule has 2 saturated heterocycles. The summed E-state index contributed by atoms with van der Waals surface area (Å²) < 4.78 is 5.21. The van der Waals surface area contributed by atoms with Crippen molar-refractivity contribution in [3.63, 3.8) is 0 Å². The maximum Gasteiger partial charge on any atom is 0.0594 e. The molecule has 2 rings (SSSR count). The molecule has 5 heteroatoms. The number of nitrogens with zero attached hydrogens (tertiary/aromatic N) is 2. The smallest absolute Gasteiger partial charge is 0.0594 e. The molecule has 132 valence electrons. The lowest BCUT2D eigenvalue weighted by Gasteiger charge is -2.26. The van der Waals surface area contributed by atoms with E-state index in [1.165, 1.54) is 38.9 Å². The molecule has 2 aliphatic heterocycles. The molecule has 0 aromatic carbocycles. The number of rotatable bonds is 8. The molecule has 2 N–H and O–H groups in total. The van der Waals surface area contributed by atoms with Crippen molar-refractivity contribution in [2.75, 3.05) is 65.7 Å². The fourth-order valence-corrected chi connectivity index (χ4v) is 2.90. The Kier molecular flexibility index (Phi) is 13.0. The summed E-state index contributed by atoms with van der Waals surface area (Å²) in [6.45, 7) is 9.43. The lowest BCUT2D eigenvalue weighted by atomic mass is 10.1. The Labute approximate surface area is 136 Å². The maximum absolute atomic E-state index is 8.58. The van der Waals surface area contributed by atoms with Gasteiger partial charge in [-0.3, -0.25) is 4.90 Å². The third kappa shape index (κ3) is 10.5. The zero-order valence-electron chi connectivity index (χ0n) is 14.2. The summed E-state index contributed by atoms with van der Waals surface area (Å²) in [7, 11) is 0. The van der Waals surface area contributed by atoms with E-state index in [1.807, 2.05) is 0 Å². The lowest BCUT2D eigenvalue weighted by Crippen LogP contribution is -2.36. The molecule has 2 fully saturated rings. The Hall–Kier alpha value is -0.200. The molecule has 0 radical (unpaired) electrons. The molecular formula is C17H36N2O3. The molecule has 2 heterocycles. The Morgan fingerprint density at radius 3 is 1.64 bits per heavy atom. The summed E-state index contributed by atoms with van der Waals surface area (Å²) in [6.07, 6.45) is 8.33. The third-order valence-electron chi connectivity index (χ3n) is 4.32. The quantitative estimate of drug-likeness (QED) is 0.662. The summed E-state index contributed by atoms with van der Waals surface area (Å²) in [4.78, 5) is 4.90. The Balaban J connectivity index is 0.000000220. The minimum absolute atomic E-state index is 0.324. The molecule has 0 aromatic heterocycles. The van der Waals surface area contributed by atoms with Gasteiger partial charge in [0.1, 0.15) is 0 Å². The Bertz CT molecular complexity index is 206. The van der Waals surface area contributed by atoms with Crippen molar-refractivity contribution in [3.8, 4) is 0 Å². The molecule has 0 atom stereocenters. The summed E-state index contributed by atoms with van der Waals surface area (Å²) in [5.41, 5.74) is 0. The van der Waals surface area contributed by atoms with E-state index in [9.17, 15) is 0 Å². The number of morpholine rings is 1. The van der Waals surface area contributed by atoms with Crippen LogP contribution in [0.4, 0.5) is 0 Å². The van der Waals surface area contributed by atoms with Crippen LogP contribution in [-0.2, 0) is 4.74 Å². The van der Waals surface area contributed by atoms with Gasteiger partial charge < -0.3 is 19.8 Å². The zero-order valence-corrected chi connectivity index (χ0v) is 14.2. The van der Waals surface area contributed by atoms with E-state index < -0.39 is 0 Å². The van der Waals surface area contributed by atoms with E-state index in [4.69, 9.17) is 14.9 Å². The van der Waals surface area contributed by atoms with E-state index >= 15 is 0 Å². The van der Waals surface area contributed by atoms with Crippen molar-refractivity contribution in [2.45, 2.75) is 44.9 Å². The minimum atomic E-state index is 0.324. The normalized spacial score (nSPS) is 20.5. The van der Waals surface area contributed by atoms with Crippen LogP contribution in [0.25, 0.3) is 0 Å². The van der Waals surface area contributed by atoms with E-state index in [-0.39, 0.29) is 0 Å². The number of likely N-dealkylation sites (tertiary alicyclic amines) is 1.